The molecule has 1 rings (SSSR count). The Hall–Kier alpha value is -2.36. The zero-order valence-corrected chi connectivity index (χ0v) is 15.0. The number of hydrogen-bond acceptors (Lipinski definition) is 4. The molecule has 26 heavy (non-hydrogen) atoms. The molecule has 0 fully saturated rings. The highest BCUT2D eigenvalue weighted by Gasteiger charge is 2.36. The van der Waals surface area contributed by atoms with E-state index < -0.39 is 28.0 Å². The fraction of sp³-hybridized carbons (Fsp3) is 0.375. The topological polar surface area (TPSA) is 83.6 Å². The Kier molecular flexibility index (Phi) is 7.37. The minimum Gasteiger partial charge on any atom is -0.300 e. The Morgan fingerprint density at radius 3 is 2.27 bits per heavy atom. The summed E-state index contributed by atoms with van der Waals surface area (Å²) in [5.74, 6) is -2.15. The van der Waals surface area contributed by atoms with Crippen LogP contribution in [0.15, 0.2) is 41.4 Å². The van der Waals surface area contributed by atoms with Crippen molar-refractivity contribution in [1.29, 1.82) is 0 Å². The number of aryl methyl sites for hydroxylation is 1. The Morgan fingerprint density at radius 2 is 1.77 bits per heavy atom. The maximum atomic E-state index is 12.3. The molecule has 0 unspecified atom stereocenters. The second-order valence-corrected chi connectivity index (χ2v) is 7.13. The first-order chi connectivity index (χ1) is 12.0. The molecule has 0 aromatic heterocycles. The van der Waals surface area contributed by atoms with Crippen molar-refractivity contribution in [2.75, 3.05) is 6.54 Å². The van der Waals surface area contributed by atoms with Crippen LogP contribution in [0.3, 0.4) is 0 Å². The molecule has 0 aliphatic heterocycles. The number of benzene rings is 1. The SMILES string of the molecule is CCCCN(/C=C/C(=O)C(F)(F)F)C(=O)NS(=O)(=O)c1ccc(C)cc1. The lowest BCUT2D eigenvalue weighted by Gasteiger charge is -2.19. The van der Waals surface area contributed by atoms with E-state index in [9.17, 15) is 31.2 Å². The lowest BCUT2D eigenvalue weighted by atomic mass is 10.2. The molecule has 2 amide bonds. The number of carbonyl (C=O) groups excluding carboxylic acids is 2. The monoisotopic (exact) mass is 392 g/mol. The molecule has 1 N–H and O–H groups in total. The molecule has 0 saturated carbocycles. The van der Waals surface area contributed by atoms with Crippen molar-refractivity contribution in [3.63, 3.8) is 0 Å². The Balaban J connectivity index is 2.96. The van der Waals surface area contributed by atoms with Crippen molar-refractivity contribution in [3.05, 3.63) is 42.1 Å². The normalized spacial score (nSPS) is 12.2. The smallest absolute Gasteiger partial charge is 0.300 e. The minimum absolute atomic E-state index is 0.0482. The minimum atomic E-state index is -5.07. The van der Waals surface area contributed by atoms with Crippen molar-refractivity contribution in [2.45, 2.75) is 37.8 Å². The van der Waals surface area contributed by atoms with E-state index in [-0.39, 0.29) is 17.5 Å². The molecule has 0 spiro atoms. The lowest BCUT2D eigenvalue weighted by molar-refractivity contribution is -0.165. The Morgan fingerprint density at radius 1 is 1.19 bits per heavy atom. The van der Waals surface area contributed by atoms with Crippen LogP contribution in [0.2, 0.25) is 0 Å². The molecule has 0 saturated heterocycles. The number of amides is 2. The van der Waals surface area contributed by atoms with Crippen molar-refractivity contribution in [1.82, 2.24) is 9.62 Å². The third-order valence-electron chi connectivity index (χ3n) is 3.25. The summed E-state index contributed by atoms with van der Waals surface area (Å²) in [5, 5.41) is 0. The number of nitrogens with zero attached hydrogens (tertiary/aromatic N) is 1. The number of carbonyl (C=O) groups is 2. The molecule has 1 aromatic rings. The van der Waals surface area contributed by atoms with Crippen LogP contribution in [0.1, 0.15) is 25.3 Å². The number of ketones is 1. The lowest BCUT2D eigenvalue weighted by Crippen LogP contribution is -2.40. The molecule has 0 aliphatic carbocycles. The van der Waals surface area contributed by atoms with Crippen LogP contribution in [0.4, 0.5) is 18.0 Å². The number of urea groups is 1. The molecule has 0 radical (unpaired) electrons. The van der Waals surface area contributed by atoms with Crippen molar-refractivity contribution in [3.8, 4) is 0 Å². The average molecular weight is 392 g/mol. The van der Waals surface area contributed by atoms with Crippen LogP contribution in [0, 0.1) is 6.92 Å². The van der Waals surface area contributed by atoms with Gasteiger partial charge in [-0.15, -0.1) is 0 Å². The van der Waals surface area contributed by atoms with Crippen molar-refractivity contribution < 1.29 is 31.2 Å². The predicted octanol–water partition coefficient (Wildman–Crippen LogP) is 3.14. The second-order valence-electron chi connectivity index (χ2n) is 5.45. The average Bonchev–Trinajstić information content (AvgIpc) is 2.53. The molecule has 6 nitrogen and oxygen atoms in total. The molecular formula is C16H19F3N2O4S. The highest BCUT2D eigenvalue weighted by atomic mass is 32.2. The summed E-state index contributed by atoms with van der Waals surface area (Å²) in [7, 11) is -4.20. The fourth-order valence-electron chi connectivity index (χ4n) is 1.77. The van der Waals surface area contributed by atoms with Crippen LogP contribution in [0.5, 0.6) is 0 Å². The van der Waals surface area contributed by atoms with Gasteiger partial charge in [0.2, 0.25) is 0 Å². The van der Waals surface area contributed by atoms with Gasteiger partial charge in [-0.2, -0.15) is 13.2 Å². The maximum Gasteiger partial charge on any atom is 0.454 e. The molecule has 1 aromatic carbocycles. The largest absolute Gasteiger partial charge is 0.454 e. The summed E-state index contributed by atoms with van der Waals surface area (Å²) < 4.78 is 63.0. The van der Waals surface area contributed by atoms with E-state index in [1.54, 1.807) is 18.6 Å². The molecule has 0 heterocycles. The van der Waals surface area contributed by atoms with Crippen LogP contribution in [-0.4, -0.2) is 37.9 Å². The van der Waals surface area contributed by atoms with Crippen LogP contribution >= 0.6 is 0 Å². The number of allylic oxidation sites excluding steroid dienone is 1. The standard InChI is InChI=1S/C16H19F3N2O4S/c1-3-4-10-21(11-9-14(22)16(17,18)19)15(23)20-26(24,25)13-7-5-12(2)6-8-13/h5-9,11H,3-4,10H2,1-2H3,(H,20,23)/b11-9+. The third kappa shape index (κ3) is 6.51. The van der Waals surface area contributed by atoms with Gasteiger partial charge in [0.05, 0.1) is 4.90 Å². The van der Waals surface area contributed by atoms with E-state index in [4.69, 9.17) is 0 Å². The van der Waals surface area contributed by atoms with Gasteiger partial charge >= 0.3 is 12.2 Å². The van der Waals surface area contributed by atoms with E-state index in [2.05, 4.69) is 0 Å². The number of nitrogens with one attached hydrogen (secondary N) is 1. The highest BCUT2D eigenvalue weighted by molar-refractivity contribution is 7.90. The van der Waals surface area contributed by atoms with Gasteiger partial charge in [-0.3, -0.25) is 4.79 Å². The zero-order chi connectivity index (χ0) is 20.0. The van der Waals surface area contributed by atoms with E-state index in [0.717, 1.165) is 10.5 Å². The molecule has 0 atom stereocenters. The summed E-state index contributed by atoms with van der Waals surface area (Å²) in [6.07, 6.45) is -3.24. The van der Waals surface area contributed by atoms with Crippen molar-refractivity contribution >= 4 is 21.8 Å². The maximum absolute atomic E-state index is 12.3. The van der Waals surface area contributed by atoms with Gasteiger partial charge in [-0.05, 0) is 25.5 Å². The van der Waals surface area contributed by atoms with Crippen LogP contribution < -0.4 is 4.72 Å². The quantitative estimate of drug-likeness (QED) is 0.723. The van der Waals surface area contributed by atoms with Gasteiger partial charge in [0.15, 0.2) is 0 Å². The van der Waals surface area contributed by atoms with Gasteiger partial charge in [0.1, 0.15) is 0 Å². The van der Waals surface area contributed by atoms with Gasteiger partial charge < -0.3 is 4.90 Å². The first kappa shape index (κ1) is 21.7. The molecule has 0 aliphatic rings. The van der Waals surface area contributed by atoms with Gasteiger partial charge in [-0.1, -0.05) is 31.0 Å². The number of sulfonamides is 1. The summed E-state index contributed by atoms with van der Waals surface area (Å²) in [6.45, 7) is 3.49. The summed E-state index contributed by atoms with van der Waals surface area (Å²) >= 11 is 0. The van der Waals surface area contributed by atoms with Crippen molar-refractivity contribution in [2.24, 2.45) is 0 Å². The number of alkyl halides is 3. The van der Waals surface area contributed by atoms with Gasteiger partial charge in [0, 0.05) is 18.8 Å². The molecular weight excluding hydrogens is 373 g/mol. The first-order valence-corrected chi connectivity index (χ1v) is 9.15. The zero-order valence-electron chi connectivity index (χ0n) is 14.2. The van der Waals surface area contributed by atoms with E-state index in [1.807, 2.05) is 0 Å². The van der Waals surface area contributed by atoms with E-state index in [1.165, 1.54) is 24.3 Å². The number of halogens is 3. The van der Waals surface area contributed by atoms with Crippen LogP contribution in [0.25, 0.3) is 0 Å². The summed E-state index contributed by atoms with van der Waals surface area (Å²) in [6, 6.07) is 4.52. The first-order valence-electron chi connectivity index (χ1n) is 7.67. The summed E-state index contributed by atoms with van der Waals surface area (Å²) in [5.41, 5.74) is 0.813. The predicted molar refractivity (Wildman–Crippen MR) is 88.7 cm³/mol. The second kappa shape index (κ2) is 8.84. The fourth-order valence-corrected chi connectivity index (χ4v) is 2.73. The van der Waals surface area contributed by atoms with Crippen LogP contribution in [-0.2, 0) is 14.8 Å². The highest BCUT2D eigenvalue weighted by Crippen LogP contribution is 2.17. The Bertz CT molecular complexity index is 772. The van der Waals surface area contributed by atoms with Gasteiger partial charge in [0.25, 0.3) is 15.8 Å². The number of unbranched alkanes of at least 4 members (excludes halogenated alkanes) is 1. The molecule has 144 valence electrons. The Labute approximate surface area is 149 Å². The van der Waals surface area contributed by atoms with E-state index in [0.29, 0.717) is 19.0 Å². The third-order valence-corrected chi connectivity index (χ3v) is 4.59. The van der Waals surface area contributed by atoms with E-state index >= 15 is 0 Å². The van der Waals surface area contributed by atoms with Gasteiger partial charge in [-0.25, -0.2) is 17.9 Å². The molecule has 10 heteroatoms. The number of rotatable bonds is 7. The molecule has 0 bridgehead atoms. The summed E-state index contributed by atoms with van der Waals surface area (Å²) in [4.78, 5) is 23.6. The number of hydrogen-bond donors (Lipinski definition) is 1.